The van der Waals surface area contributed by atoms with E-state index < -0.39 is 5.97 Å². The maximum absolute atomic E-state index is 11.7. The fourth-order valence-electron chi connectivity index (χ4n) is 1.71. The second-order valence-corrected chi connectivity index (χ2v) is 3.90. The lowest BCUT2D eigenvalue weighted by molar-refractivity contribution is -0.137. The van der Waals surface area contributed by atoms with Crippen LogP contribution in [0.25, 0.3) is 0 Å². The summed E-state index contributed by atoms with van der Waals surface area (Å²) in [5, 5.41) is 14.5. The molecule has 0 aliphatic carbocycles. The predicted octanol–water partition coefficient (Wildman–Crippen LogP) is -0.0346. The molecule has 1 amide bonds. The van der Waals surface area contributed by atoms with Gasteiger partial charge in [-0.3, -0.25) is 9.59 Å². The Balaban J connectivity index is 2.36. The highest BCUT2D eigenvalue weighted by molar-refractivity contribution is 5.80. The van der Waals surface area contributed by atoms with E-state index in [4.69, 9.17) is 5.11 Å². The minimum absolute atomic E-state index is 0.00237. The summed E-state index contributed by atoms with van der Waals surface area (Å²) in [4.78, 5) is 22.2. The lowest BCUT2D eigenvalue weighted by atomic mass is 10.1. The van der Waals surface area contributed by atoms with Crippen LogP contribution in [0.1, 0.15) is 26.2 Å². The van der Waals surface area contributed by atoms with Gasteiger partial charge in [0.15, 0.2) is 0 Å². The first-order valence-electron chi connectivity index (χ1n) is 5.36. The Hall–Kier alpha value is -1.10. The van der Waals surface area contributed by atoms with Crippen LogP contribution in [0.15, 0.2) is 0 Å². The number of hydrogen-bond acceptors (Lipinski definition) is 3. The molecule has 2 unspecified atom stereocenters. The van der Waals surface area contributed by atoms with E-state index in [-0.39, 0.29) is 24.3 Å². The molecular formula is C10H18N2O3. The van der Waals surface area contributed by atoms with Crippen molar-refractivity contribution in [2.24, 2.45) is 5.92 Å². The summed E-state index contributed by atoms with van der Waals surface area (Å²) in [7, 11) is 0. The average molecular weight is 214 g/mol. The molecule has 3 N–H and O–H groups in total. The molecule has 86 valence electrons. The topological polar surface area (TPSA) is 78.4 Å². The van der Waals surface area contributed by atoms with Gasteiger partial charge in [0.2, 0.25) is 5.91 Å². The third kappa shape index (κ3) is 3.87. The average Bonchev–Trinajstić information content (AvgIpc) is 2.68. The smallest absolute Gasteiger partial charge is 0.305 e. The van der Waals surface area contributed by atoms with Crippen LogP contribution in [0.4, 0.5) is 0 Å². The zero-order valence-corrected chi connectivity index (χ0v) is 8.95. The van der Waals surface area contributed by atoms with E-state index in [2.05, 4.69) is 10.6 Å². The van der Waals surface area contributed by atoms with Gasteiger partial charge in [-0.2, -0.15) is 0 Å². The quantitative estimate of drug-likeness (QED) is 0.600. The van der Waals surface area contributed by atoms with Crippen LogP contribution in [0.5, 0.6) is 0 Å². The number of amides is 1. The molecule has 0 bridgehead atoms. The van der Waals surface area contributed by atoms with Crippen molar-refractivity contribution in [1.29, 1.82) is 0 Å². The number of aliphatic carboxylic acids is 1. The van der Waals surface area contributed by atoms with Gasteiger partial charge in [-0.05, 0) is 19.4 Å². The van der Waals surface area contributed by atoms with Gasteiger partial charge in [0, 0.05) is 12.6 Å². The molecule has 5 heteroatoms. The Morgan fingerprint density at radius 3 is 2.80 bits per heavy atom. The van der Waals surface area contributed by atoms with Gasteiger partial charge in [0.05, 0.1) is 12.3 Å². The van der Waals surface area contributed by atoms with E-state index in [0.717, 1.165) is 13.0 Å². The van der Waals surface area contributed by atoms with E-state index in [1.54, 1.807) is 0 Å². The van der Waals surface area contributed by atoms with Crippen molar-refractivity contribution in [3.63, 3.8) is 0 Å². The van der Waals surface area contributed by atoms with Gasteiger partial charge in [-0.1, -0.05) is 6.92 Å². The minimum Gasteiger partial charge on any atom is -0.481 e. The number of carboxylic acid groups (broad SMARTS) is 1. The van der Waals surface area contributed by atoms with Crippen molar-refractivity contribution in [2.75, 3.05) is 13.1 Å². The molecule has 1 fully saturated rings. The van der Waals surface area contributed by atoms with Crippen LogP contribution in [-0.4, -0.2) is 36.1 Å². The van der Waals surface area contributed by atoms with Crippen LogP contribution >= 0.6 is 0 Å². The highest BCUT2D eigenvalue weighted by Gasteiger charge is 2.24. The fourth-order valence-corrected chi connectivity index (χ4v) is 1.71. The molecule has 1 rings (SSSR count). The lowest BCUT2D eigenvalue weighted by Gasteiger charge is -2.17. The number of carbonyl (C=O) groups is 2. The van der Waals surface area contributed by atoms with Crippen molar-refractivity contribution in [2.45, 2.75) is 32.2 Å². The standard InChI is InChI=1S/C10H18N2O3/c1-2-8(5-9(13)14)12-10(15)7-3-4-11-6-7/h7-8,11H,2-6H2,1H3,(H,12,15)(H,13,14). The largest absolute Gasteiger partial charge is 0.481 e. The van der Waals surface area contributed by atoms with Gasteiger partial charge in [0.1, 0.15) is 0 Å². The first-order valence-corrected chi connectivity index (χ1v) is 5.36. The third-order valence-corrected chi connectivity index (χ3v) is 2.69. The van der Waals surface area contributed by atoms with E-state index in [1.165, 1.54) is 0 Å². The summed E-state index contributed by atoms with van der Waals surface area (Å²) in [5.41, 5.74) is 0. The number of carbonyl (C=O) groups excluding carboxylic acids is 1. The van der Waals surface area contributed by atoms with E-state index in [9.17, 15) is 9.59 Å². The zero-order chi connectivity index (χ0) is 11.3. The molecule has 2 atom stereocenters. The van der Waals surface area contributed by atoms with Crippen LogP contribution in [0.2, 0.25) is 0 Å². The Labute approximate surface area is 89.2 Å². The SMILES string of the molecule is CCC(CC(=O)O)NC(=O)C1CCNC1. The van der Waals surface area contributed by atoms with Crippen molar-refractivity contribution in [3.05, 3.63) is 0 Å². The summed E-state index contributed by atoms with van der Waals surface area (Å²) in [6.45, 7) is 3.45. The first kappa shape index (κ1) is 12.0. The molecule has 1 heterocycles. The second kappa shape index (κ2) is 5.70. The number of rotatable bonds is 5. The number of carboxylic acids is 1. The molecule has 5 nitrogen and oxygen atoms in total. The maximum Gasteiger partial charge on any atom is 0.305 e. The Bertz CT molecular complexity index is 237. The fraction of sp³-hybridized carbons (Fsp3) is 0.800. The maximum atomic E-state index is 11.7. The van der Waals surface area contributed by atoms with E-state index in [0.29, 0.717) is 13.0 Å². The summed E-state index contributed by atoms with van der Waals surface area (Å²) < 4.78 is 0. The Kier molecular flexibility index (Phi) is 4.55. The molecule has 1 aliphatic heterocycles. The monoisotopic (exact) mass is 214 g/mol. The summed E-state index contributed by atoms with van der Waals surface area (Å²) in [5.74, 6) is -0.882. The van der Waals surface area contributed by atoms with Crippen LogP contribution in [0.3, 0.4) is 0 Å². The molecule has 15 heavy (non-hydrogen) atoms. The lowest BCUT2D eigenvalue weighted by Crippen LogP contribution is -2.40. The molecule has 0 aromatic carbocycles. The summed E-state index contributed by atoms with van der Waals surface area (Å²) in [6, 6.07) is -0.240. The Morgan fingerprint density at radius 1 is 1.60 bits per heavy atom. The summed E-state index contributed by atoms with van der Waals surface area (Å²) in [6.07, 6.45) is 1.50. The molecule has 0 spiro atoms. The molecule has 0 aromatic rings. The molecule has 1 aliphatic rings. The van der Waals surface area contributed by atoms with Crippen LogP contribution in [-0.2, 0) is 9.59 Å². The van der Waals surface area contributed by atoms with E-state index >= 15 is 0 Å². The van der Waals surface area contributed by atoms with Gasteiger partial charge in [-0.25, -0.2) is 0 Å². The normalized spacial score (nSPS) is 22.3. The first-order chi connectivity index (χ1) is 7.13. The van der Waals surface area contributed by atoms with Crippen LogP contribution in [0, 0.1) is 5.92 Å². The van der Waals surface area contributed by atoms with Crippen molar-refractivity contribution in [1.82, 2.24) is 10.6 Å². The predicted molar refractivity (Wildman–Crippen MR) is 55.5 cm³/mol. The van der Waals surface area contributed by atoms with Crippen molar-refractivity contribution >= 4 is 11.9 Å². The Morgan fingerprint density at radius 2 is 2.33 bits per heavy atom. The number of hydrogen-bond donors (Lipinski definition) is 3. The van der Waals surface area contributed by atoms with Crippen molar-refractivity contribution < 1.29 is 14.7 Å². The van der Waals surface area contributed by atoms with Crippen molar-refractivity contribution in [3.8, 4) is 0 Å². The zero-order valence-electron chi connectivity index (χ0n) is 8.95. The molecule has 0 radical (unpaired) electrons. The van der Waals surface area contributed by atoms with Crippen LogP contribution < -0.4 is 10.6 Å². The third-order valence-electron chi connectivity index (χ3n) is 2.69. The molecular weight excluding hydrogens is 196 g/mol. The molecule has 0 aromatic heterocycles. The van der Waals surface area contributed by atoms with Gasteiger partial charge < -0.3 is 15.7 Å². The minimum atomic E-state index is -0.869. The van der Waals surface area contributed by atoms with Gasteiger partial charge in [-0.15, -0.1) is 0 Å². The van der Waals surface area contributed by atoms with Gasteiger partial charge in [0.25, 0.3) is 0 Å². The highest BCUT2D eigenvalue weighted by atomic mass is 16.4. The molecule has 0 saturated carbocycles. The summed E-state index contributed by atoms with van der Waals surface area (Å²) >= 11 is 0. The van der Waals surface area contributed by atoms with E-state index in [1.807, 2.05) is 6.92 Å². The molecule has 1 saturated heterocycles. The second-order valence-electron chi connectivity index (χ2n) is 3.90. The highest BCUT2D eigenvalue weighted by Crippen LogP contribution is 2.08. The number of nitrogens with one attached hydrogen (secondary N) is 2. The van der Waals surface area contributed by atoms with Gasteiger partial charge >= 0.3 is 5.97 Å².